The van der Waals surface area contributed by atoms with Crippen LogP contribution in [0.1, 0.15) is 27.0 Å². The molecule has 0 N–H and O–H groups in total. The van der Waals surface area contributed by atoms with Crippen molar-refractivity contribution >= 4 is 11.7 Å². The molecule has 1 aromatic heterocycles. The van der Waals surface area contributed by atoms with E-state index in [0.717, 1.165) is 24.5 Å². The van der Waals surface area contributed by atoms with Gasteiger partial charge >= 0.3 is 0 Å². The summed E-state index contributed by atoms with van der Waals surface area (Å²) in [6, 6.07) is 19.3. The summed E-state index contributed by atoms with van der Waals surface area (Å²) in [5.74, 6) is 7.94. The van der Waals surface area contributed by atoms with E-state index in [-0.39, 0.29) is 5.91 Å². The molecule has 31 heavy (non-hydrogen) atoms. The van der Waals surface area contributed by atoms with E-state index in [1.165, 1.54) is 5.56 Å². The summed E-state index contributed by atoms with van der Waals surface area (Å²) in [6.07, 6.45) is 1.83. The molecule has 0 spiro atoms. The van der Waals surface area contributed by atoms with Gasteiger partial charge in [0.05, 0.1) is 12.7 Å². The van der Waals surface area contributed by atoms with E-state index in [0.29, 0.717) is 30.0 Å². The summed E-state index contributed by atoms with van der Waals surface area (Å²) in [7, 11) is 1.61. The van der Waals surface area contributed by atoms with Gasteiger partial charge in [-0.1, -0.05) is 30.0 Å². The molecule has 2 aromatic carbocycles. The predicted molar refractivity (Wildman–Crippen MR) is 123 cm³/mol. The van der Waals surface area contributed by atoms with Crippen LogP contribution in [0.15, 0.2) is 66.9 Å². The van der Waals surface area contributed by atoms with Crippen LogP contribution < -0.4 is 9.64 Å². The first-order valence-corrected chi connectivity index (χ1v) is 10.4. The number of benzene rings is 2. The molecule has 1 aliphatic rings. The van der Waals surface area contributed by atoms with Crippen LogP contribution in [-0.2, 0) is 0 Å². The number of methoxy groups -OCH3 is 1. The van der Waals surface area contributed by atoms with Crippen LogP contribution in [0, 0.1) is 18.8 Å². The van der Waals surface area contributed by atoms with Gasteiger partial charge in [0.25, 0.3) is 5.91 Å². The lowest BCUT2D eigenvalue weighted by atomic mass is 10.1. The van der Waals surface area contributed by atoms with Crippen molar-refractivity contribution in [2.24, 2.45) is 0 Å². The van der Waals surface area contributed by atoms with Gasteiger partial charge in [0.2, 0.25) is 0 Å². The molecule has 0 bridgehead atoms. The third-order valence-electron chi connectivity index (χ3n) is 5.35. The number of aromatic nitrogens is 1. The molecular formula is C26H25N3O2. The maximum Gasteiger partial charge on any atom is 0.254 e. The summed E-state index contributed by atoms with van der Waals surface area (Å²) in [5.41, 5.74) is 3.44. The number of pyridine rings is 1. The Balaban J connectivity index is 1.48. The van der Waals surface area contributed by atoms with Crippen molar-refractivity contribution in [3.05, 3.63) is 89.1 Å². The van der Waals surface area contributed by atoms with Crippen molar-refractivity contribution in [1.82, 2.24) is 9.88 Å². The fourth-order valence-electron chi connectivity index (χ4n) is 3.61. The van der Waals surface area contributed by atoms with Crippen molar-refractivity contribution in [3.63, 3.8) is 0 Å². The lowest BCUT2D eigenvalue weighted by Crippen LogP contribution is -2.49. The van der Waals surface area contributed by atoms with Crippen molar-refractivity contribution in [3.8, 4) is 17.6 Å². The number of anilines is 1. The quantitative estimate of drug-likeness (QED) is 0.616. The highest BCUT2D eigenvalue weighted by Gasteiger charge is 2.23. The molecule has 1 saturated heterocycles. The Morgan fingerprint density at radius 1 is 0.968 bits per heavy atom. The zero-order valence-corrected chi connectivity index (χ0v) is 17.8. The average molecular weight is 412 g/mol. The van der Waals surface area contributed by atoms with E-state index in [1.807, 2.05) is 65.7 Å². The minimum atomic E-state index is 0.0160. The second kappa shape index (κ2) is 9.36. The zero-order valence-electron chi connectivity index (χ0n) is 17.8. The average Bonchev–Trinajstić information content (AvgIpc) is 2.83. The summed E-state index contributed by atoms with van der Waals surface area (Å²) < 4.78 is 5.45. The van der Waals surface area contributed by atoms with Crippen LogP contribution in [0.2, 0.25) is 0 Å². The number of hydrogen-bond donors (Lipinski definition) is 0. The molecule has 156 valence electrons. The van der Waals surface area contributed by atoms with Crippen LogP contribution in [0.4, 0.5) is 5.82 Å². The van der Waals surface area contributed by atoms with Crippen LogP contribution in [0.3, 0.4) is 0 Å². The number of rotatable bonds is 3. The molecule has 2 heterocycles. The van der Waals surface area contributed by atoms with Crippen LogP contribution in [-0.4, -0.2) is 49.1 Å². The normalized spacial score (nSPS) is 13.4. The lowest BCUT2D eigenvalue weighted by molar-refractivity contribution is 0.0746. The van der Waals surface area contributed by atoms with Gasteiger partial charge < -0.3 is 14.5 Å². The van der Waals surface area contributed by atoms with Crippen molar-refractivity contribution in [2.75, 3.05) is 38.2 Å². The Morgan fingerprint density at radius 2 is 1.74 bits per heavy atom. The SMILES string of the molecule is COc1ccc(C(=O)N2CCN(c3cc(C)ccn3)CC2)cc1C#Cc1ccccc1. The lowest BCUT2D eigenvalue weighted by Gasteiger charge is -2.35. The number of hydrogen-bond acceptors (Lipinski definition) is 4. The molecule has 1 amide bonds. The molecular weight excluding hydrogens is 386 g/mol. The fourth-order valence-corrected chi connectivity index (χ4v) is 3.61. The molecule has 1 fully saturated rings. The molecule has 5 nitrogen and oxygen atoms in total. The number of aryl methyl sites for hydroxylation is 1. The van der Waals surface area contributed by atoms with E-state index in [4.69, 9.17) is 4.74 Å². The Bertz CT molecular complexity index is 1120. The van der Waals surface area contributed by atoms with Gasteiger partial charge in [0.1, 0.15) is 11.6 Å². The number of amides is 1. The Labute approximate surface area is 183 Å². The molecule has 0 radical (unpaired) electrons. The van der Waals surface area contributed by atoms with Gasteiger partial charge in [-0.05, 0) is 55.0 Å². The molecule has 3 aromatic rings. The maximum atomic E-state index is 13.1. The van der Waals surface area contributed by atoms with Crippen LogP contribution in [0.5, 0.6) is 5.75 Å². The molecule has 5 heteroatoms. The first kappa shape index (κ1) is 20.5. The first-order chi connectivity index (χ1) is 15.1. The molecule has 4 rings (SSSR count). The second-order valence-corrected chi connectivity index (χ2v) is 7.50. The molecule has 0 unspecified atom stereocenters. The van der Waals surface area contributed by atoms with Gasteiger partial charge in [-0.15, -0.1) is 0 Å². The minimum Gasteiger partial charge on any atom is -0.495 e. The Kier molecular flexibility index (Phi) is 6.18. The number of carbonyl (C=O) groups excluding carboxylic acids is 1. The number of nitrogens with zero attached hydrogens (tertiary/aromatic N) is 3. The second-order valence-electron chi connectivity index (χ2n) is 7.50. The fraction of sp³-hybridized carbons (Fsp3) is 0.231. The highest BCUT2D eigenvalue weighted by Crippen LogP contribution is 2.21. The van der Waals surface area contributed by atoms with Crippen molar-refractivity contribution in [2.45, 2.75) is 6.92 Å². The first-order valence-electron chi connectivity index (χ1n) is 10.4. The largest absolute Gasteiger partial charge is 0.495 e. The predicted octanol–water partition coefficient (Wildman–Crippen LogP) is 3.76. The summed E-state index contributed by atoms with van der Waals surface area (Å²) in [5, 5.41) is 0. The topological polar surface area (TPSA) is 45.7 Å². The molecule has 0 saturated carbocycles. The smallest absolute Gasteiger partial charge is 0.254 e. The van der Waals surface area contributed by atoms with Gasteiger partial charge in [-0.3, -0.25) is 4.79 Å². The van der Waals surface area contributed by atoms with E-state index in [1.54, 1.807) is 7.11 Å². The van der Waals surface area contributed by atoms with Gasteiger partial charge in [0, 0.05) is 43.5 Å². The highest BCUT2D eigenvalue weighted by molar-refractivity contribution is 5.95. The van der Waals surface area contributed by atoms with Gasteiger partial charge in [-0.2, -0.15) is 0 Å². The van der Waals surface area contributed by atoms with E-state index < -0.39 is 0 Å². The summed E-state index contributed by atoms with van der Waals surface area (Å²) in [4.78, 5) is 21.7. The number of piperazine rings is 1. The summed E-state index contributed by atoms with van der Waals surface area (Å²) >= 11 is 0. The highest BCUT2D eigenvalue weighted by atomic mass is 16.5. The zero-order chi connectivity index (χ0) is 21.6. The van der Waals surface area contributed by atoms with Crippen LogP contribution in [0.25, 0.3) is 0 Å². The Morgan fingerprint density at radius 3 is 2.45 bits per heavy atom. The molecule has 0 atom stereocenters. The third-order valence-corrected chi connectivity index (χ3v) is 5.35. The van der Waals surface area contributed by atoms with E-state index in [9.17, 15) is 4.79 Å². The monoisotopic (exact) mass is 411 g/mol. The standard InChI is InChI=1S/C26H25N3O2/c1-20-12-13-27-25(18-20)28-14-16-29(17-15-28)26(30)23-10-11-24(31-2)22(19-23)9-8-21-6-4-3-5-7-21/h3-7,10-13,18-19H,14-17H2,1-2H3. The van der Waals surface area contributed by atoms with Crippen molar-refractivity contribution < 1.29 is 9.53 Å². The third kappa shape index (κ3) is 4.87. The number of carbonyl (C=O) groups is 1. The number of ether oxygens (including phenoxy) is 1. The molecule has 1 aliphatic heterocycles. The molecule has 0 aliphatic carbocycles. The van der Waals surface area contributed by atoms with Gasteiger partial charge in [-0.25, -0.2) is 4.98 Å². The minimum absolute atomic E-state index is 0.0160. The van der Waals surface area contributed by atoms with E-state index in [2.05, 4.69) is 34.7 Å². The van der Waals surface area contributed by atoms with Crippen molar-refractivity contribution in [1.29, 1.82) is 0 Å². The summed E-state index contributed by atoms with van der Waals surface area (Å²) in [6.45, 7) is 4.90. The van der Waals surface area contributed by atoms with Crippen LogP contribution >= 0.6 is 0 Å². The Hall–Kier alpha value is -3.78. The maximum absolute atomic E-state index is 13.1. The van der Waals surface area contributed by atoms with E-state index >= 15 is 0 Å². The van der Waals surface area contributed by atoms with Gasteiger partial charge in [0.15, 0.2) is 0 Å².